The minimum absolute atomic E-state index is 0.0173. The third-order valence-electron chi connectivity index (χ3n) is 4.91. The van der Waals surface area contributed by atoms with E-state index in [2.05, 4.69) is 10.3 Å². The molecular formula is C20H23FN2O4. The van der Waals surface area contributed by atoms with Crippen LogP contribution in [0.5, 0.6) is 0 Å². The first-order chi connectivity index (χ1) is 12.8. The number of hydrogen-bond donors (Lipinski definition) is 3. The SMILES string of the molecule is Cc1cccnc1C(=O)NC[C@]1(O)C[C@H](c2cccc(F)c2)O[C@H](C)[C@H]1O. The number of nitrogens with zero attached hydrogens (tertiary/aromatic N) is 1. The molecule has 1 aliphatic heterocycles. The quantitative estimate of drug-likeness (QED) is 0.760. The van der Waals surface area contributed by atoms with Crippen molar-refractivity contribution in [3.8, 4) is 0 Å². The fourth-order valence-electron chi connectivity index (χ4n) is 3.38. The highest BCUT2D eigenvalue weighted by Gasteiger charge is 2.47. The first-order valence-corrected chi connectivity index (χ1v) is 8.81. The Labute approximate surface area is 157 Å². The summed E-state index contributed by atoms with van der Waals surface area (Å²) in [6, 6.07) is 9.43. The van der Waals surface area contributed by atoms with Crippen LogP contribution >= 0.6 is 0 Å². The van der Waals surface area contributed by atoms with Gasteiger partial charge in [0.15, 0.2) is 0 Å². The van der Waals surface area contributed by atoms with E-state index in [0.717, 1.165) is 0 Å². The van der Waals surface area contributed by atoms with Crippen LogP contribution in [0.4, 0.5) is 4.39 Å². The van der Waals surface area contributed by atoms with Crippen LogP contribution in [0.15, 0.2) is 42.6 Å². The number of aryl methyl sites for hydroxylation is 1. The average molecular weight is 374 g/mol. The summed E-state index contributed by atoms with van der Waals surface area (Å²) >= 11 is 0. The molecule has 144 valence electrons. The number of nitrogens with one attached hydrogen (secondary N) is 1. The van der Waals surface area contributed by atoms with Gasteiger partial charge in [0.05, 0.1) is 12.2 Å². The Morgan fingerprint density at radius 3 is 2.89 bits per heavy atom. The fourth-order valence-corrected chi connectivity index (χ4v) is 3.38. The lowest BCUT2D eigenvalue weighted by Gasteiger charge is -2.44. The summed E-state index contributed by atoms with van der Waals surface area (Å²) in [7, 11) is 0. The zero-order valence-corrected chi connectivity index (χ0v) is 15.2. The van der Waals surface area contributed by atoms with Crippen molar-refractivity contribution in [3.63, 3.8) is 0 Å². The molecule has 0 bridgehead atoms. The van der Waals surface area contributed by atoms with Gasteiger partial charge >= 0.3 is 0 Å². The molecule has 1 saturated heterocycles. The van der Waals surface area contributed by atoms with Crippen LogP contribution in [0.25, 0.3) is 0 Å². The number of aromatic nitrogens is 1. The number of aliphatic hydroxyl groups excluding tert-OH is 1. The number of benzene rings is 1. The molecule has 1 amide bonds. The lowest BCUT2D eigenvalue weighted by Crippen LogP contribution is -2.59. The summed E-state index contributed by atoms with van der Waals surface area (Å²) in [4.78, 5) is 16.4. The standard InChI is InChI=1S/C20H23FN2O4/c1-12-5-4-8-22-17(12)19(25)23-11-20(26)10-16(27-13(2)18(20)24)14-6-3-7-15(21)9-14/h3-9,13,16,18,24,26H,10-11H2,1-2H3,(H,23,25)/t13-,16-,18-,20-/m1/s1. The molecule has 27 heavy (non-hydrogen) atoms. The van der Waals surface area contributed by atoms with E-state index in [-0.39, 0.29) is 18.7 Å². The summed E-state index contributed by atoms with van der Waals surface area (Å²) in [6.45, 7) is 3.22. The summed E-state index contributed by atoms with van der Waals surface area (Å²) in [5.74, 6) is -0.840. The van der Waals surface area contributed by atoms with Crippen molar-refractivity contribution in [2.45, 2.75) is 44.2 Å². The topological polar surface area (TPSA) is 91.7 Å². The maximum absolute atomic E-state index is 13.5. The number of carbonyl (C=O) groups is 1. The number of hydrogen-bond acceptors (Lipinski definition) is 5. The highest BCUT2D eigenvalue weighted by atomic mass is 19.1. The number of pyridine rings is 1. The molecule has 4 atom stereocenters. The first kappa shape index (κ1) is 19.4. The van der Waals surface area contributed by atoms with Gasteiger partial charge in [-0.1, -0.05) is 18.2 Å². The molecule has 1 aromatic carbocycles. The molecule has 6 nitrogen and oxygen atoms in total. The van der Waals surface area contributed by atoms with E-state index in [4.69, 9.17) is 4.74 Å². The first-order valence-electron chi connectivity index (χ1n) is 8.81. The molecule has 1 aromatic heterocycles. The predicted molar refractivity (Wildman–Crippen MR) is 96.6 cm³/mol. The molecule has 0 unspecified atom stereocenters. The highest BCUT2D eigenvalue weighted by Crippen LogP contribution is 2.37. The van der Waals surface area contributed by atoms with Crippen LogP contribution < -0.4 is 5.32 Å². The predicted octanol–water partition coefficient (Wildman–Crippen LogP) is 1.90. The molecule has 0 radical (unpaired) electrons. The Balaban J connectivity index is 1.75. The summed E-state index contributed by atoms with van der Waals surface area (Å²) in [5, 5.41) is 24.1. The monoisotopic (exact) mass is 374 g/mol. The lowest BCUT2D eigenvalue weighted by molar-refractivity contribution is -0.210. The van der Waals surface area contributed by atoms with Gasteiger partial charge in [0.2, 0.25) is 0 Å². The second-order valence-corrected chi connectivity index (χ2v) is 6.99. The van der Waals surface area contributed by atoms with Gasteiger partial charge in [0.25, 0.3) is 5.91 Å². The molecule has 1 aliphatic rings. The Hall–Kier alpha value is -2.35. The van der Waals surface area contributed by atoms with E-state index in [1.165, 1.54) is 18.3 Å². The Kier molecular flexibility index (Phi) is 5.55. The van der Waals surface area contributed by atoms with Crippen molar-refractivity contribution >= 4 is 5.91 Å². The van der Waals surface area contributed by atoms with Gasteiger partial charge in [-0.25, -0.2) is 4.39 Å². The van der Waals surface area contributed by atoms with E-state index in [1.807, 2.05) is 0 Å². The third-order valence-corrected chi connectivity index (χ3v) is 4.91. The van der Waals surface area contributed by atoms with Gasteiger partial charge in [-0.2, -0.15) is 0 Å². The molecule has 3 N–H and O–H groups in total. The van der Waals surface area contributed by atoms with Gasteiger partial charge < -0.3 is 20.3 Å². The lowest BCUT2D eigenvalue weighted by atomic mass is 9.82. The number of amides is 1. The molecule has 0 saturated carbocycles. The summed E-state index contributed by atoms with van der Waals surface area (Å²) < 4.78 is 19.3. The molecule has 7 heteroatoms. The van der Waals surface area contributed by atoms with Crippen molar-refractivity contribution in [1.29, 1.82) is 0 Å². The second kappa shape index (κ2) is 7.72. The average Bonchev–Trinajstić information content (AvgIpc) is 2.64. The number of rotatable bonds is 4. The van der Waals surface area contributed by atoms with Crippen molar-refractivity contribution in [2.24, 2.45) is 0 Å². The normalized spacial score (nSPS) is 28.0. The Morgan fingerprint density at radius 2 is 2.19 bits per heavy atom. The molecular weight excluding hydrogens is 351 g/mol. The Morgan fingerprint density at radius 1 is 1.41 bits per heavy atom. The van der Waals surface area contributed by atoms with Gasteiger partial charge in [-0.15, -0.1) is 0 Å². The van der Waals surface area contributed by atoms with E-state index in [0.29, 0.717) is 11.1 Å². The van der Waals surface area contributed by atoms with Crippen molar-refractivity contribution < 1.29 is 24.1 Å². The molecule has 2 heterocycles. The summed E-state index contributed by atoms with van der Waals surface area (Å²) in [6.07, 6.45) is -0.957. The van der Waals surface area contributed by atoms with Crippen LogP contribution in [-0.2, 0) is 4.74 Å². The molecule has 0 spiro atoms. The van der Waals surface area contributed by atoms with Gasteiger partial charge in [-0.3, -0.25) is 9.78 Å². The maximum Gasteiger partial charge on any atom is 0.270 e. The van der Waals surface area contributed by atoms with E-state index >= 15 is 0 Å². The minimum atomic E-state index is -1.62. The Bertz CT molecular complexity index is 831. The number of aliphatic hydroxyl groups is 2. The third kappa shape index (κ3) is 4.16. The summed E-state index contributed by atoms with van der Waals surface area (Å²) in [5.41, 5.74) is -0.0792. The van der Waals surface area contributed by atoms with E-state index < -0.39 is 35.6 Å². The number of halogens is 1. The van der Waals surface area contributed by atoms with E-state index in [1.54, 1.807) is 38.1 Å². The number of ether oxygens (including phenoxy) is 1. The highest BCUT2D eigenvalue weighted by molar-refractivity contribution is 5.93. The van der Waals surface area contributed by atoms with Gasteiger partial charge in [-0.05, 0) is 43.2 Å². The molecule has 0 aliphatic carbocycles. The fraction of sp³-hybridized carbons (Fsp3) is 0.400. The zero-order valence-electron chi connectivity index (χ0n) is 15.2. The van der Waals surface area contributed by atoms with Crippen LogP contribution in [0.3, 0.4) is 0 Å². The minimum Gasteiger partial charge on any atom is -0.387 e. The van der Waals surface area contributed by atoms with Crippen LogP contribution in [0.1, 0.15) is 41.1 Å². The van der Waals surface area contributed by atoms with Gasteiger partial charge in [0.1, 0.15) is 23.2 Å². The van der Waals surface area contributed by atoms with Crippen molar-refractivity contribution in [1.82, 2.24) is 10.3 Å². The van der Waals surface area contributed by atoms with Gasteiger partial charge in [0, 0.05) is 19.2 Å². The molecule has 3 rings (SSSR count). The van der Waals surface area contributed by atoms with Crippen LogP contribution in [0, 0.1) is 12.7 Å². The smallest absolute Gasteiger partial charge is 0.270 e. The van der Waals surface area contributed by atoms with E-state index in [9.17, 15) is 19.4 Å². The molecule has 2 aromatic rings. The zero-order chi connectivity index (χ0) is 19.6. The van der Waals surface area contributed by atoms with Crippen LogP contribution in [-0.4, -0.2) is 45.5 Å². The van der Waals surface area contributed by atoms with Crippen LogP contribution in [0.2, 0.25) is 0 Å². The maximum atomic E-state index is 13.5. The number of carbonyl (C=O) groups excluding carboxylic acids is 1. The van der Waals surface area contributed by atoms with Crippen molar-refractivity contribution in [3.05, 3.63) is 65.2 Å². The van der Waals surface area contributed by atoms with Crippen molar-refractivity contribution in [2.75, 3.05) is 6.54 Å². The largest absolute Gasteiger partial charge is 0.387 e. The second-order valence-electron chi connectivity index (χ2n) is 6.99. The molecule has 1 fully saturated rings.